The van der Waals surface area contributed by atoms with Crippen LogP contribution in [0.3, 0.4) is 0 Å². The third-order valence-electron chi connectivity index (χ3n) is 3.75. The second-order valence-corrected chi connectivity index (χ2v) is 5.33. The van der Waals surface area contributed by atoms with Gasteiger partial charge in [0, 0.05) is 30.9 Å². The van der Waals surface area contributed by atoms with Crippen LogP contribution in [0.4, 0.5) is 5.69 Å². The Morgan fingerprint density at radius 1 is 1.19 bits per heavy atom. The van der Waals surface area contributed by atoms with Gasteiger partial charge < -0.3 is 5.32 Å². The van der Waals surface area contributed by atoms with Crippen molar-refractivity contribution in [3.05, 3.63) is 53.3 Å². The SMILES string of the molecule is CCc1cccc(NCc2cnc3c(c2)c(C)nn3C)c1. The molecule has 1 aromatic carbocycles. The van der Waals surface area contributed by atoms with E-state index in [1.54, 1.807) is 0 Å². The Hall–Kier alpha value is -2.36. The quantitative estimate of drug-likeness (QED) is 0.796. The highest BCUT2D eigenvalue weighted by Gasteiger charge is 2.06. The molecule has 3 aromatic rings. The monoisotopic (exact) mass is 280 g/mol. The van der Waals surface area contributed by atoms with E-state index >= 15 is 0 Å². The maximum atomic E-state index is 4.51. The fourth-order valence-corrected chi connectivity index (χ4v) is 2.55. The average Bonchev–Trinajstić information content (AvgIpc) is 2.80. The van der Waals surface area contributed by atoms with Crippen molar-refractivity contribution in [1.82, 2.24) is 14.8 Å². The van der Waals surface area contributed by atoms with Gasteiger partial charge in [0.05, 0.1) is 5.69 Å². The molecule has 0 atom stereocenters. The van der Waals surface area contributed by atoms with Crippen LogP contribution >= 0.6 is 0 Å². The van der Waals surface area contributed by atoms with Gasteiger partial charge in [0.15, 0.2) is 5.65 Å². The van der Waals surface area contributed by atoms with Crippen LogP contribution in [-0.4, -0.2) is 14.8 Å². The van der Waals surface area contributed by atoms with Crippen molar-refractivity contribution >= 4 is 16.7 Å². The first-order valence-corrected chi connectivity index (χ1v) is 7.28. The smallest absolute Gasteiger partial charge is 0.157 e. The summed E-state index contributed by atoms with van der Waals surface area (Å²) < 4.78 is 1.83. The standard InChI is InChI=1S/C17H20N4/c1-4-13-6-5-7-15(8-13)18-10-14-9-16-12(2)20-21(3)17(16)19-11-14/h5-9,11,18H,4,10H2,1-3H3. The van der Waals surface area contributed by atoms with Gasteiger partial charge >= 0.3 is 0 Å². The van der Waals surface area contributed by atoms with E-state index in [4.69, 9.17) is 0 Å². The number of aromatic nitrogens is 3. The van der Waals surface area contributed by atoms with Crippen LogP contribution < -0.4 is 5.32 Å². The molecule has 0 aliphatic carbocycles. The van der Waals surface area contributed by atoms with Crippen LogP contribution in [0.1, 0.15) is 23.7 Å². The first-order valence-electron chi connectivity index (χ1n) is 7.28. The number of pyridine rings is 1. The summed E-state index contributed by atoms with van der Waals surface area (Å²) >= 11 is 0. The highest BCUT2D eigenvalue weighted by Crippen LogP contribution is 2.18. The van der Waals surface area contributed by atoms with Gasteiger partial charge in [0.2, 0.25) is 0 Å². The number of fused-ring (bicyclic) bond motifs is 1. The molecule has 0 saturated carbocycles. The van der Waals surface area contributed by atoms with Crippen molar-refractivity contribution in [2.75, 3.05) is 5.32 Å². The second-order valence-electron chi connectivity index (χ2n) is 5.33. The summed E-state index contributed by atoms with van der Waals surface area (Å²) in [6.45, 7) is 4.96. The van der Waals surface area contributed by atoms with Crippen LogP contribution in [-0.2, 0) is 20.0 Å². The topological polar surface area (TPSA) is 42.7 Å². The third-order valence-corrected chi connectivity index (χ3v) is 3.75. The van der Waals surface area contributed by atoms with Crippen molar-refractivity contribution in [2.45, 2.75) is 26.8 Å². The summed E-state index contributed by atoms with van der Waals surface area (Å²) in [5.74, 6) is 0. The molecule has 2 aromatic heterocycles. The Morgan fingerprint density at radius 2 is 2.05 bits per heavy atom. The molecule has 0 spiro atoms. The fourth-order valence-electron chi connectivity index (χ4n) is 2.55. The number of nitrogens with one attached hydrogen (secondary N) is 1. The molecule has 3 rings (SSSR count). The minimum Gasteiger partial charge on any atom is -0.381 e. The molecule has 108 valence electrons. The van der Waals surface area contributed by atoms with Crippen LogP contribution in [0.15, 0.2) is 36.5 Å². The summed E-state index contributed by atoms with van der Waals surface area (Å²) in [6, 6.07) is 10.7. The number of rotatable bonds is 4. The lowest BCUT2D eigenvalue weighted by Gasteiger charge is -2.08. The number of nitrogens with zero attached hydrogens (tertiary/aromatic N) is 3. The van der Waals surface area contributed by atoms with Gasteiger partial charge in [-0.3, -0.25) is 4.68 Å². The first-order chi connectivity index (χ1) is 10.2. The van der Waals surface area contributed by atoms with E-state index in [9.17, 15) is 0 Å². The molecular formula is C17H20N4. The zero-order chi connectivity index (χ0) is 14.8. The maximum Gasteiger partial charge on any atom is 0.157 e. The van der Waals surface area contributed by atoms with Crippen molar-refractivity contribution in [3.63, 3.8) is 0 Å². The Bertz CT molecular complexity index is 774. The van der Waals surface area contributed by atoms with Crippen LogP contribution in [0, 0.1) is 6.92 Å². The average molecular weight is 280 g/mol. The van der Waals surface area contributed by atoms with Crippen LogP contribution in [0.5, 0.6) is 0 Å². The minimum absolute atomic E-state index is 0.768. The summed E-state index contributed by atoms with van der Waals surface area (Å²) in [6.07, 6.45) is 2.97. The number of anilines is 1. The van der Waals surface area contributed by atoms with Gasteiger partial charge in [-0.25, -0.2) is 4.98 Å². The van der Waals surface area contributed by atoms with E-state index in [0.29, 0.717) is 0 Å². The lowest BCUT2D eigenvalue weighted by Crippen LogP contribution is -2.01. The maximum absolute atomic E-state index is 4.51. The third kappa shape index (κ3) is 2.75. The van der Waals surface area contributed by atoms with E-state index in [0.717, 1.165) is 35.4 Å². The molecule has 4 nitrogen and oxygen atoms in total. The van der Waals surface area contributed by atoms with Gasteiger partial charge in [-0.15, -0.1) is 0 Å². The lowest BCUT2D eigenvalue weighted by atomic mass is 10.1. The van der Waals surface area contributed by atoms with E-state index in [2.05, 4.69) is 52.7 Å². The molecule has 0 amide bonds. The number of hydrogen-bond donors (Lipinski definition) is 1. The largest absolute Gasteiger partial charge is 0.381 e. The number of benzene rings is 1. The second kappa shape index (κ2) is 5.56. The van der Waals surface area contributed by atoms with Gasteiger partial charge in [-0.1, -0.05) is 19.1 Å². The van der Waals surface area contributed by atoms with Gasteiger partial charge in [-0.05, 0) is 42.7 Å². The molecule has 0 unspecified atom stereocenters. The molecule has 0 saturated heterocycles. The zero-order valence-electron chi connectivity index (χ0n) is 12.7. The molecule has 0 fully saturated rings. The summed E-state index contributed by atoms with van der Waals surface area (Å²) in [5, 5.41) is 8.99. The van der Waals surface area contributed by atoms with Crippen molar-refractivity contribution in [2.24, 2.45) is 7.05 Å². The summed E-state index contributed by atoms with van der Waals surface area (Å²) in [7, 11) is 1.93. The predicted molar refractivity (Wildman–Crippen MR) is 86.4 cm³/mol. The molecule has 0 aliphatic rings. The molecule has 2 heterocycles. The molecule has 0 radical (unpaired) electrons. The van der Waals surface area contributed by atoms with E-state index in [-0.39, 0.29) is 0 Å². The van der Waals surface area contributed by atoms with Crippen molar-refractivity contribution in [3.8, 4) is 0 Å². The van der Waals surface area contributed by atoms with Crippen molar-refractivity contribution in [1.29, 1.82) is 0 Å². The first kappa shape index (κ1) is 13.6. The van der Waals surface area contributed by atoms with Gasteiger partial charge in [-0.2, -0.15) is 5.10 Å². The number of aryl methyl sites for hydroxylation is 3. The predicted octanol–water partition coefficient (Wildman–Crippen LogP) is 3.45. The Labute approximate surface area is 124 Å². The summed E-state index contributed by atoms with van der Waals surface area (Å²) in [4.78, 5) is 4.51. The van der Waals surface area contributed by atoms with Crippen LogP contribution in [0.25, 0.3) is 11.0 Å². The van der Waals surface area contributed by atoms with Crippen molar-refractivity contribution < 1.29 is 0 Å². The Morgan fingerprint density at radius 3 is 2.86 bits per heavy atom. The van der Waals surface area contributed by atoms with Gasteiger partial charge in [0.1, 0.15) is 0 Å². The zero-order valence-corrected chi connectivity index (χ0v) is 12.7. The van der Waals surface area contributed by atoms with E-state index in [1.165, 1.54) is 11.1 Å². The molecule has 0 aliphatic heterocycles. The summed E-state index contributed by atoms with van der Waals surface area (Å²) in [5.41, 5.74) is 5.62. The Balaban J connectivity index is 1.80. The molecular weight excluding hydrogens is 260 g/mol. The number of hydrogen-bond acceptors (Lipinski definition) is 3. The normalized spacial score (nSPS) is 11.0. The van der Waals surface area contributed by atoms with Gasteiger partial charge in [0.25, 0.3) is 0 Å². The highest BCUT2D eigenvalue weighted by atomic mass is 15.3. The fraction of sp³-hybridized carbons (Fsp3) is 0.294. The molecule has 4 heteroatoms. The minimum atomic E-state index is 0.768. The van der Waals surface area contributed by atoms with Crippen LogP contribution in [0.2, 0.25) is 0 Å². The molecule has 1 N–H and O–H groups in total. The highest BCUT2D eigenvalue weighted by molar-refractivity contribution is 5.78. The molecule has 21 heavy (non-hydrogen) atoms. The van der Waals surface area contributed by atoms with E-state index in [1.807, 2.05) is 24.9 Å². The lowest BCUT2D eigenvalue weighted by molar-refractivity contribution is 0.773. The molecule has 0 bridgehead atoms. The Kier molecular flexibility index (Phi) is 3.60. The van der Waals surface area contributed by atoms with E-state index < -0.39 is 0 Å².